The SMILES string of the molecule is CC(CBr)=C(C)COc1ccc(F)c(F)c1. The van der Waals surface area contributed by atoms with Crippen LogP contribution in [0.15, 0.2) is 29.3 Å². The highest BCUT2D eigenvalue weighted by molar-refractivity contribution is 9.09. The van der Waals surface area contributed by atoms with Gasteiger partial charge in [0.1, 0.15) is 12.4 Å². The van der Waals surface area contributed by atoms with E-state index in [2.05, 4.69) is 15.9 Å². The van der Waals surface area contributed by atoms with Gasteiger partial charge >= 0.3 is 0 Å². The molecule has 0 bridgehead atoms. The lowest BCUT2D eigenvalue weighted by atomic mass is 10.2. The van der Waals surface area contributed by atoms with E-state index in [0.717, 1.165) is 23.0 Å². The maximum atomic E-state index is 12.9. The number of hydrogen-bond donors (Lipinski definition) is 0. The summed E-state index contributed by atoms with van der Waals surface area (Å²) in [4.78, 5) is 0. The van der Waals surface area contributed by atoms with Crippen LogP contribution in [0.5, 0.6) is 5.75 Å². The lowest BCUT2D eigenvalue weighted by molar-refractivity contribution is 0.346. The Kier molecular flexibility index (Phi) is 4.93. The van der Waals surface area contributed by atoms with Gasteiger partial charge in [0, 0.05) is 11.4 Å². The van der Waals surface area contributed by atoms with Crippen LogP contribution in [0.1, 0.15) is 13.8 Å². The van der Waals surface area contributed by atoms with Crippen molar-refractivity contribution in [1.82, 2.24) is 0 Å². The van der Waals surface area contributed by atoms with Crippen molar-refractivity contribution >= 4 is 15.9 Å². The molecule has 0 saturated heterocycles. The summed E-state index contributed by atoms with van der Waals surface area (Å²) >= 11 is 3.34. The third kappa shape index (κ3) is 3.59. The zero-order valence-electron chi connectivity index (χ0n) is 9.19. The van der Waals surface area contributed by atoms with Gasteiger partial charge in [-0.3, -0.25) is 0 Å². The molecule has 0 radical (unpaired) electrons. The van der Waals surface area contributed by atoms with E-state index in [0.29, 0.717) is 12.4 Å². The van der Waals surface area contributed by atoms with Crippen LogP contribution in [0.3, 0.4) is 0 Å². The molecule has 0 aliphatic rings. The summed E-state index contributed by atoms with van der Waals surface area (Å²) in [6, 6.07) is 3.52. The predicted octanol–water partition coefficient (Wildman–Crippen LogP) is 4.07. The van der Waals surface area contributed by atoms with Gasteiger partial charge in [-0.2, -0.15) is 0 Å². The summed E-state index contributed by atoms with van der Waals surface area (Å²) in [6.07, 6.45) is 0. The van der Waals surface area contributed by atoms with Crippen LogP contribution < -0.4 is 4.74 Å². The highest BCUT2D eigenvalue weighted by Gasteiger charge is 2.03. The standard InChI is InChI=1S/C12H13BrF2O/c1-8(6-13)9(2)7-16-10-3-4-11(14)12(15)5-10/h3-5H,6-7H2,1-2H3. The van der Waals surface area contributed by atoms with Gasteiger partial charge < -0.3 is 4.74 Å². The Morgan fingerprint density at radius 3 is 2.44 bits per heavy atom. The van der Waals surface area contributed by atoms with Gasteiger partial charge in [0.25, 0.3) is 0 Å². The van der Waals surface area contributed by atoms with Crippen LogP contribution in [0, 0.1) is 11.6 Å². The van der Waals surface area contributed by atoms with E-state index in [1.165, 1.54) is 11.6 Å². The first kappa shape index (κ1) is 13.2. The Labute approximate surface area is 102 Å². The van der Waals surface area contributed by atoms with Crippen molar-refractivity contribution < 1.29 is 13.5 Å². The number of halogens is 3. The van der Waals surface area contributed by atoms with E-state index in [1.54, 1.807) is 0 Å². The maximum Gasteiger partial charge on any atom is 0.162 e. The van der Waals surface area contributed by atoms with Gasteiger partial charge in [0.2, 0.25) is 0 Å². The summed E-state index contributed by atoms with van der Waals surface area (Å²) in [7, 11) is 0. The number of rotatable bonds is 4. The minimum Gasteiger partial charge on any atom is -0.489 e. The molecule has 0 unspecified atom stereocenters. The van der Waals surface area contributed by atoms with Gasteiger partial charge in [0.05, 0.1) is 0 Å². The van der Waals surface area contributed by atoms with E-state index in [9.17, 15) is 8.78 Å². The van der Waals surface area contributed by atoms with Gasteiger partial charge in [-0.1, -0.05) is 21.5 Å². The molecule has 0 aliphatic heterocycles. The fourth-order valence-electron chi connectivity index (χ4n) is 0.995. The van der Waals surface area contributed by atoms with Crippen LogP contribution in [-0.4, -0.2) is 11.9 Å². The van der Waals surface area contributed by atoms with Crippen LogP contribution in [0.2, 0.25) is 0 Å². The molecule has 0 fully saturated rings. The second-order valence-electron chi connectivity index (χ2n) is 3.56. The van der Waals surface area contributed by atoms with Gasteiger partial charge in [-0.15, -0.1) is 0 Å². The molecule has 1 aromatic carbocycles. The molecule has 0 amide bonds. The van der Waals surface area contributed by atoms with Gasteiger partial charge in [0.15, 0.2) is 11.6 Å². The minimum atomic E-state index is -0.892. The van der Waals surface area contributed by atoms with Crippen LogP contribution in [-0.2, 0) is 0 Å². The highest BCUT2D eigenvalue weighted by Crippen LogP contribution is 2.16. The lowest BCUT2D eigenvalue weighted by Crippen LogP contribution is -2.02. The maximum absolute atomic E-state index is 12.9. The van der Waals surface area contributed by atoms with Crippen molar-refractivity contribution in [3.63, 3.8) is 0 Å². The molecular weight excluding hydrogens is 278 g/mol. The Morgan fingerprint density at radius 1 is 1.19 bits per heavy atom. The van der Waals surface area contributed by atoms with Gasteiger partial charge in [-0.05, 0) is 31.6 Å². The van der Waals surface area contributed by atoms with Gasteiger partial charge in [-0.25, -0.2) is 8.78 Å². The number of alkyl halides is 1. The summed E-state index contributed by atoms with van der Waals surface area (Å²) in [6.45, 7) is 4.30. The molecule has 1 aromatic rings. The molecule has 0 heterocycles. The Balaban J connectivity index is 2.65. The first-order valence-corrected chi connectivity index (χ1v) is 5.95. The summed E-state index contributed by atoms with van der Waals surface area (Å²) in [5, 5.41) is 0.778. The predicted molar refractivity (Wildman–Crippen MR) is 64.0 cm³/mol. The molecule has 1 rings (SSSR count). The van der Waals surface area contributed by atoms with E-state index in [-0.39, 0.29) is 0 Å². The first-order chi connectivity index (χ1) is 7.54. The summed E-state index contributed by atoms with van der Waals surface area (Å²) < 4.78 is 30.8. The summed E-state index contributed by atoms with van der Waals surface area (Å²) in [5.41, 5.74) is 2.24. The van der Waals surface area contributed by atoms with Crippen molar-refractivity contribution in [2.75, 3.05) is 11.9 Å². The van der Waals surface area contributed by atoms with Crippen LogP contribution in [0.4, 0.5) is 8.78 Å². The van der Waals surface area contributed by atoms with Crippen molar-refractivity contribution in [3.05, 3.63) is 41.0 Å². The molecule has 4 heteroatoms. The smallest absolute Gasteiger partial charge is 0.162 e. The third-order valence-electron chi connectivity index (χ3n) is 2.28. The van der Waals surface area contributed by atoms with Crippen LogP contribution >= 0.6 is 15.9 Å². The monoisotopic (exact) mass is 290 g/mol. The Hall–Kier alpha value is -0.900. The van der Waals surface area contributed by atoms with Crippen LogP contribution in [0.25, 0.3) is 0 Å². The average Bonchev–Trinajstić information content (AvgIpc) is 2.29. The fourth-order valence-corrected chi connectivity index (χ4v) is 1.47. The Morgan fingerprint density at radius 2 is 1.88 bits per heavy atom. The normalized spacial score (nSPS) is 12.3. The third-order valence-corrected chi connectivity index (χ3v) is 3.12. The van der Waals surface area contributed by atoms with Crippen molar-refractivity contribution in [1.29, 1.82) is 0 Å². The van der Waals surface area contributed by atoms with E-state index in [4.69, 9.17) is 4.74 Å². The second kappa shape index (κ2) is 5.99. The van der Waals surface area contributed by atoms with Crippen molar-refractivity contribution in [2.45, 2.75) is 13.8 Å². The molecule has 0 aliphatic carbocycles. The zero-order valence-corrected chi connectivity index (χ0v) is 10.8. The van der Waals surface area contributed by atoms with E-state index >= 15 is 0 Å². The number of hydrogen-bond acceptors (Lipinski definition) is 1. The number of ether oxygens (including phenoxy) is 1. The van der Waals surface area contributed by atoms with Crippen molar-refractivity contribution in [3.8, 4) is 5.75 Å². The summed E-state index contributed by atoms with van der Waals surface area (Å²) in [5.74, 6) is -1.42. The first-order valence-electron chi connectivity index (χ1n) is 4.83. The molecule has 16 heavy (non-hydrogen) atoms. The largest absolute Gasteiger partial charge is 0.489 e. The molecule has 0 spiro atoms. The lowest BCUT2D eigenvalue weighted by Gasteiger charge is -2.08. The van der Waals surface area contributed by atoms with Crippen molar-refractivity contribution in [2.24, 2.45) is 0 Å². The Bertz CT molecular complexity index is 402. The zero-order chi connectivity index (χ0) is 12.1. The topological polar surface area (TPSA) is 9.23 Å². The van der Waals surface area contributed by atoms with E-state index in [1.807, 2.05) is 13.8 Å². The molecule has 0 atom stereocenters. The molecule has 0 aromatic heterocycles. The second-order valence-corrected chi connectivity index (χ2v) is 4.12. The highest BCUT2D eigenvalue weighted by atomic mass is 79.9. The number of allylic oxidation sites excluding steroid dienone is 1. The minimum absolute atomic E-state index is 0.334. The quantitative estimate of drug-likeness (QED) is 0.600. The average molecular weight is 291 g/mol. The molecule has 88 valence electrons. The number of benzene rings is 1. The molecule has 1 nitrogen and oxygen atoms in total. The molecule has 0 N–H and O–H groups in total. The molecular formula is C12H13BrF2O. The fraction of sp³-hybridized carbons (Fsp3) is 0.333. The molecule has 0 saturated carbocycles. The van der Waals surface area contributed by atoms with E-state index < -0.39 is 11.6 Å².